The molecule has 0 aromatic heterocycles. The Hall–Kier alpha value is 0.270. The molecule has 1 saturated carbocycles. The standard InChI is InChI=1S/C13H27NOS/c1-2-9-14-12(11-15)8-10-16-13-6-4-3-5-7-13/h12-15H,2-11H2,1H3. The third kappa shape index (κ3) is 6.12. The number of aliphatic hydroxyl groups is 1. The quantitative estimate of drug-likeness (QED) is 0.690. The van der Waals surface area contributed by atoms with Gasteiger partial charge in [0.05, 0.1) is 6.61 Å². The van der Waals surface area contributed by atoms with Crippen LogP contribution in [0, 0.1) is 0 Å². The second-order valence-corrected chi connectivity index (χ2v) is 6.16. The minimum atomic E-state index is 0.283. The smallest absolute Gasteiger partial charge is 0.0584 e. The van der Waals surface area contributed by atoms with Crippen molar-refractivity contribution in [3.63, 3.8) is 0 Å². The molecule has 0 radical (unpaired) electrons. The Labute approximate surface area is 105 Å². The molecule has 0 bridgehead atoms. The molecule has 0 spiro atoms. The van der Waals surface area contributed by atoms with Gasteiger partial charge in [-0.3, -0.25) is 0 Å². The second-order valence-electron chi connectivity index (χ2n) is 4.75. The Morgan fingerprint density at radius 2 is 2.06 bits per heavy atom. The summed E-state index contributed by atoms with van der Waals surface area (Å²) in [7, 11) is 0. The third-order valence-corrected chi connectivity index (χ3v) is 4.69. The zero-order valence-corrected chi connectivity index (χ0v) is 11.4. The summed E-state index contributed by atoms with van der Waals surface area (Å²) in [6, 6.07) is 0.316. The first-order valence-corrected chi connectivity index (χ1v) is 7.87. The van der Waals surface area contributed by atoms with Crippen molar-refractivity contribution < 1.29 is 5.11 Å². The zero-order valence-electron chi connectivity index (χ0n) is 10.6. The third-order valence-electron chi connectivity index (χ3n) is 3.28. The van der Waals surface area contributed by atoms with Crippen molar-refractivity contribution >= 4 is 11.8 Å². The van der Waals surface area contributed by atoms with Gasteiger partial charge in [0, 0.05) is 11.3 Å². The molecule has 96 valence electrons. The highest BCUT2D eigenvalue weighted by molar-refractivity contribution is 7.99. The van der Waals surface area contributed by atoms with Gasteiger partial charge < -0.3 is 10.4 Å². The Balaban J connectivity index is 2.02. The highest BCUT2D eigenvalue weighted by atomic mass is 32.2. The summed E-state index contributed by atoms with van der Waals surface area (Å²) in [4.78, 5) is 0. The van der Waals surface area contributed by atoms with E-state index in [2.05, 4.69) is 24.0 Å². The van der Waals surface area contributed by atoms with Gasteiger partial charge in [0.25, 0.3) is 0 Å². The Morgan fingerprint density at radius 3 is 2.69 bits per heavy atom. The average Bonchev–Trinajstić information content (AvgIpc) is 2.35. The van der Waals surface area contributed by atoms with E-state index in [1.807, 2.05) is 0 Å². The van der Waals surface area contributed by atoms with Crippen LogP contribution in [-0.4, -0.2) is 35.3 Å². The van der Waals surface area contributed by atoms with Crippen LogP contribution in [-0.2, 0) is 0 Å². The number of aliphatic hydroxyl groups excluding tert-OH is 1. The molecule has 0 aromatic rings. The Bertz CT molecular complexity index is 160. The van der Waals surface area contributed by atoms with Crippen LogP contribution < -0.4 is 5.32 Å². The van der Waals surface area contributed by atoms with E-state index in [-0.39, 0.29) is 6.61 Å². The summed E-state index contributed by atoms with van der Waals surface area (Å²) in [5.41, 5.74) is 0. The van der Waals surface area contributed by atoms with E-state index in [0.717, 1.165) is 24.6 Å². The van der Waals surface area contributed by atoms with Crippen LogP contribution in [0.25, 0.3) is 0 Å². The topological polar surface area (TPSA) is 32.3 Å². The van der Waals surface area contributed by atoms with E-state index in [0.29, 0.717) is 6.04 Å². The molecule has 1 unspecified atom stereocenters. The lowest BCUT2D eigenvalue weighted by molar-refractivity contribution is 0.240. The molecule has 3 heteroatoms. The van der Waals surface area contributed by atoms with Crippen LogP contribution in [0.4, 0.5) is 0 Å². The van der Waals surface area contributed by atoms with Crippen molar-refractivity contribution in [2.24, 2.45) is 0 Å². The molecule has 0 amide bonds. The maximum Gasteiger partial charge on any atom is 0.0584 e. The van der Waals surface area contributed by atoms with E-state index in [9.17, 15) is 5.11 Å². The fraction of sp³-hybridized carbons (Fsp3) is 1.00. The Morgan fingerprint density at radius 1 is 1.31 bits per heavy atom. The minimum Gasteiger partial charge on any atom is -0.395 e. The summed E-state index contributed by atoms with van der Waals surface area (Å²) in [5.74, 6) is 1.20. The summed E-state index contributed by atoms with van der Waals surface area (Å²) >= 11 is 2.12. The van der Waals surface area contributed by atoms with Crippen LogP contribution in [0.5, 0.6) is 0 Å². The van der Waals surface area contributed by atoms with Crippen molar-refractivity contribution in [3.8, 4) is 0 Å². The average molecular weight is 245 g/mol. The molecule has 2 N–H and O–H groups in total. The molecule has 0 aliphatic heterocycles. The first-order valence-electron chi connectivity index (χ1n) is 6.82. The summed E-state index contributed by atoms with van der Waals surface area (Å²) < 4.78 is 0. The monoisotopic (exact) mass is 245 g/mol. The fourth-order valence-electron chi connectivity index (χ4n) is 2.22. The largest absolute Gasteiger partial charge is 0.395 e. The van der Waals surface area contributed by atoms with Crippen LogP contribution in [0.2, 0.25) is 0 Å². The highest BCUT2D eigenvalue weighted by Crippen LogP contribution is 2.28. The fourth-order valence-corrected chi connectivity index (χ4v) is 3.64. The van der Waals surface area contributed by atoms with Crippen molar-refractivity contribution in [1.29, 1.82) is 0 Å². The van der Waals surface area contributed by atoms with Crippen LogP contribution >= 0.6 is 11.8 Å². The molecule has 0 heterocycles. The number of nitrogens with one attached hydrogen (secondary N) is 1. The minimum absolute atomic E-state index is 0.283. The zero-order chi connectivity index (χ0) is 11.6. The number of hydrogen-bond acceptors (Lipinski definition) is 3. The molecule has 1 fully saturated rings. The highest BCUT2D eigenvalue weighted by Gasteiger charge is 2.14. The van der Waals surface area contributed by atoms with Gasteiger partial charge in [-0.25, -0.2) is 0 Å². The maximum absolute atomic E-state index is 9.22. The van der Waals surface area contributed by atoms with Gasteiger partial charge in [0.15, 0.2) is 0 Å². The van der Waals surface area contributed by atoms with Crippen molar-refractivity contribution in [1.82, 2.24) is 5.32 Å². The van der Waals surface area contributed by atoms with Gasteiger partial charge in [0.1, 0.15) is 0 Å². The van der Waals surface area contributed by atoms with Gasteiger partial charge in [0.2, 0.25) is 0 Å². The van der Waals surface area contributed by atoms with Crippen molar-refractivity contribution in [2.75, 3.05) is 18.9 Å². The lowest BCUT2D eigenvalue weighted by Crippen LogP contribution is -2.33. The lowest BCUT2D eigenvalue weighted by Gasteiger charge is -2.22. The molecule has 1 atom stereocenters. The maximum atomic E-state index is 9.22. The molecule has 0 saturated heterocycles. The molecule has 0 aromatic carbocycles. The van der Waals surface area contributed by atoms with Gasteiger partial charge >= 0.3 is 0 Å². The van der Waals surface area contributed by atoms with Crippen molar-refractivity contribution in [2.45, 2.75) is 63.2 Å². The van der Waals surface area contributed by atoms with E-state index >= 15 is 0 Å². The van der Waals surface area contributed by atoms with Crippen molar-refractivity contribution in [3.05, 3.63) is 0 Å². The normalized spacial score (nSPS) is 19.9. The van der Waals surface area contributed by atoms with Crippen LogP contribution in [0.15, 0.2) is 0 Å². The number of thioether (sulfide) groups is 1. The van der Waals surface area contributed by atoms with E-state index in [4.69, 9.17) is 0 Å². The van der Waals surface area contributed by atoms with E-state index in [1.165, 1.54) is 37.9 Å². The van der Waals surface area contributed by atoms with E-state index < -0.39 is 0 Å². The summed E-state index contributed by atoms with van der Waals surface area (Å²) in [6.07, 6.45) is 9.37. The molecule has 1 aliphatic carbocycles. The molecule has 16 heavy (non-hydrogen) atoms. The molecular weight excluding hydrogens is 218 g/mol. The van der Waals surface area contributed by atoms with Gasteiger partial charge in [-0.1, -0.05) is 26.2 Å². The second kappa shape index (κ2) is 9.32. The molecular formula is C13H27NOS. The van der Waals surface area contributed by atoms with Gasteiger partial charge in [-0.2, -0.15) is 11.8 Å². The predicted octanol–water partition coefficient (Wildman–Crippen LogP) is 2.80. The van der Waals surface area contributed by atoms with E-state index in [1.54, 1.807) is 0 Å². The SMILES string of the molecule is CCCNC(CO)CCSC1CCCCC1. The van der Waals surface area contributed by atoms with Crippen LogP contribution in [0.3, 0.4) is 0 Å². The number of rotatable bonds is 8. The molecule has 2 nitrogen and oxygen atoms in total. The first-order chi connectivity index (χ1) is 7.86. The lowest BCUT2D eigenvalue weighted by atomic mass is 10.0. The summed E-state index contributed by atoms with van der Waals surface area (Å²) in [6.45, 7) is 3.47. The number of hydrogen-bond donors (Lipinski definition) is 2. The first kappa shape index (κ1) is 14.3. The predicted molar refractivity (Wildman–Crippen MR) is 73.1 cm³/mol. The van der Waals surface area contributed by atoms with Gasteiger partial charge in [-0.15, -0.1) is 0 Å². The van der Waals surface area contributed by atoms with Gasteiger partial charge in [-0.05, 0) is 38.0 Å². The molecule has 1 rings (SSSR count). The summed E-state index contributed by atoms with van der Waals surface area (Å²) in [5, 5.41) is 13.5. The Kier molecular flexibility index (Phi) is 8.34. The van der Waals surface area contributed by atoms with Crippen LogP contribution in [0.1, 0.15) is 51.9 Å². The molecule has 1 aliphatic rings.